The maximum absolute atomic E-state index is 13.5. The summed E-state index contributed by atoms with van der Waals surface area (Å²) in [7, 11) is 0. The molecule has 25 heavy (non-hydrogen) atoms. The van der Waals surface area contributed by atoms with Crippen LogP contribution in [0.15, 0.2) is 24.3 Å². The van der Waals surface area contributed by atoms with Crippen LogP contribution in [0.3, 0.4) is 0 Å². The number of hydrogen-bond acceptors (Lipinski definition) is 4. The number of nitrogens with one attached hydrogen (secondary N) is 1. The molecule has 1 heterocycles. The number of rotatable bonds is 5. The van der Waals surface area contributed by atoms with Crippen molar-refractivity contribution in [2.24, 2.45) is 5.92 Å². The van der Waals surface area contributed by atoms with Gasteiger partial charge in [0.2, 0.25) is 5.82 Å². The van der Waals surface area contributed by atoms with Crippen LogP contribution in [0, 0.1) is 11.7 Å². The maximum atomic E-state index is 13.5. The fourth-order valence-corrected chi connectivity index (χ4v) is 3.15. The van der Waals surface area contributed by atoms with Gasteiger partial charge < -0.3 is 10.4 Å². The molecule has 1 aliphatic carbocycles. The smallest absolute Gasteiger partial charge is 0.290 e. The minimum atomic E-state index is -0.379. The van der Waals surface area contributed by atoms with Crippen LogP contribution in [-0.2, 0) is 0 Å². The van der Waals surface area contributed by atoms with Gasteiger partial charge in [0.05, 0.1) is 11.8 Å². The molecular weight excluding hydrogens is 323 g/mol. The molecule has 2 aromatic rings. The minimum absolute atomic E-state index is 0.0222. The number of carbonyl (C=O) groups excluding carboxylic acids is 1. The third-order valence-electron chi connectivity index (χ3n) is 4.55. The predicted octanol–water partition coefficient (Wildman–Crippen LogP) is 2.42. The van der Waals surface area contributed by atoms with Crippen LogP contribution in [0.25, 0.3) is 5.69 Å². The second-order valence-electron chi connectivity index (χ2n) is 6.81. The summed E-state index contributed by atoms with van der Waals surface area (Å²) in [5.74, 6) is 0.00461. The van der Waals surface area contributed by atoms with Crippen molar-refractivity contribution in [3.05, 3.63) is 41.7 Å². The molecule has 0 saturated heterocycles. The highest BCUT2D eigenvalue weighted by atomic mass is 19.1. The molecule has 2 N–H and O–H groups in total. The summed E-state index contributed by atoms with van der Waals surface area (Å²) in [6.07, 6.45) is 2.31. The number of nitrogens with zero attached hydrogens (tertiary/aromatic N) is 3. The van der Waals surface area contributed by atoms with Gasteiger partial charge in [-0.1, -0.05) is 26.3 Å². The number of carbonyl (C=O) groups is 1. The van der Waals surface area contributed by atoms with Gasteiger partial charge in [-0.3, -0.25) is 4.79 Å². The Morgan fingerprint density at radius 1 is 1.44 bits per heavy atom. The number of hydrogen-bond donors (Lipinski definition) is 2. The molecule has 134 valence electrons. The Labute approximate surface area is 146 Å². The van der Waals surface area contributed by atoms with E-state index in [0.29, 0.717) is 18.1 Å². The van der Waals surface area contributed by atoms with Crippen LogP contribution >= 0.6 is 0 Å². The molecule has 1 aromatic heterocycles. The lowest BCUT2D eigenvalue weighted by Crippen LogP contribution is -2.33. The molecule has 1 saturated carbocycles. The van der Waals surface area contributed by atoms with Crippen molar-refractivity contribution in [1.82, 2.24) is 20.1 Å². The summed E-state index contributed by atoms with van der Waals surface area (Å²) in [6, 6.07) is 6.03. The summed E-state index contributed by atoms with van der Waals surface area (Å²) in [6.45, 7) is 4.29. The van der Waals surface area contributed by atoms with E-state index in [0.717, 1.165) is 19.3 Å². The normalized spacial score (nSPS) is 20.2. The SMILES string of the molecule is CC(C)c1nc(C(=O)NCC2CCCC2O)nn1-c1cccc(F)c1. The Hall–Kier alpha value is -2.28. The summed E-state index contributed by atoms with van der Waals surface area (Å²) in [4.78, 5) is 16.7. The molecule has 0 radical (unpaired) electrons. The Morgan fingerprint density at radius 3 is 2.88 bits per heavy atom. The van der Waals surface area contributed by atoms with E-state index in [-0.39, 0.29) is 35.5 Å². The van der Waals surface area contributed by atoms with Crippen molar-refractivity contribution < 1.29 is 14.3 Å². The van der Waals surface area contributed by atoms with Crippen LogP contribution < -0.4 is 5.32 Å². The number of benzene rings is 1. The monoisotopic (exact) mass is 346 g/mol. The molecular formula is C18H23FN4O2. The lowest BCUT2D eigenvalue weighted by atomic mass is 10.1. The zero-order chi connectivity index (χ0) is 18.0. The predicted molar refractivity (Wildman–Crippen MR) is 91.1 cm³/mol. The second-order valence-corrected chi connectivity index (χ2v) is 6.81. The van der Waals surface area contributed by atoms with Crippen LogP contribution in [-0.4, -0.2) is 38.4 Å². The molecule has 7 heteroatoms. The van der Waals surface area contributed by atoms with Crippen LogP contribution in [0.1, 0.15) is 55.5 Å². The highest BCUT2D eigenvalue weighted by Gasteiger charge is 2.26. The van der Waals surface area contributed by atoms with E-state index in [2.05, 4.69) is 15.4 Å². The molecule has 2 atom stereocenters. The minimum Gasteiger partial charge on any atom is -0.393 e. The van der Waals surface area contributed by atoms with Crippen molar-refractivity contribution in [3.8, 4) is 5.69 Å². The summed E-state index contributed by atoms with van der Waals surface area (Å²) in [5, 5.41) is 16.9. The van der Waals surface area contributed by atoms with Gasteiger partial charge in [0, 0.05) is 18.4 Å². The molecule has 0 spiro atoms. The number of halogens is 1. The van der Waals surface area contributed by atoms with Crippen molar-refractivity contribution in [2.75, 3.05) is 6.54 Å². The molecule has 1 amide bonds. The van der Waals surface area contributed by atoms with Crippen molar-refractivity contribution >= 4 is 5.91 Å². The van der Waals surface area contributed by atoms with Gasteiger partial charge in [-0.25, -0.2) is 14.1 Å². The summed E-state index contributed by atoms with van der Waals surface area (Å²) in [5.41, 5.74) is 0.529. The average Bonchev–Trinajstić information content (AvgIpc) is 3.19. The highest BCUT2D eigenvalue weighted by molar-refractivity contribution is 5.90. The lowest BCUT2D eigenvalue weighted by molar-refractivity contribution is 0.0907. The number of aliphatic hydroxyl groups excluding tert-OH is 1. The largest absolute Gasteiger partial charge is 0.393 e. The Kier molecular flexibility index (Phi) is 5.13. The van der Waals surface area contributed by atoms with Gasteiger partial charge in [0.25, 0.3) is 5.91 Å². The number of aromatic nitrogens is 3. The topological polar surface area (TPSA) is 80.0 Å². The van der Waals surface area contributed by atoms with E-state index in [9.17, 15) is 14.3 Å². The van der Waals surface area contributed by atoms with E-state index in [1.807, 2.05) is 13.8 Å². The number of aliphatic hydroxyl groups is 1. The van der Waals surface area contributed by atoms with Crippen molar-refractivity contribution in [1.29, 1.82) is 0 Å². The quantitative estimate of drug-likeness (QED) is 0.871. The standard InChI is InChI=1S/C18H23FN4O2/c1-11(2)17-21-16(18(25)20-10-12-5-3-8-15(12)24)22-23(17)14-7-4-6-13(19)9-14/h4,6-7,9,11-12,15,24H,3,5,8,10H2,1-2H3,(H,20,25). The third kappa shape index (κ3) is 3.87. The molecule has 1 aliphatic rings. The molecule has 1 aromatic carbocycles. The zero-order valence-electron chi connectivity index (χ0n) is 14.4. The highest BCUT2D eigenvalue weighted by Crippen LogP contribution is 2.24. The first kappa shape index (κ1) is 17.5. The number of amides is 1. The lowest BCUT2D eigenvalue weighted by Gasteiger charge is -2.14. The molecule has 0 bridgehead atoms. The van der Waals surface area contributed by atoms with Crippen LogP contribution in [0.2, 0.25) is 0 Å². The molecule has 3 rings (SSSR count). The van der Waals surface area contributed by atoms with Gasteiger partial charge in [-0.05, 0) is 31.0 Å². The van der Waals surface area contributed by atoms with E-state index >= 15 is 0 Å². The fraction of sp³-hybridized carbons (Fsp3) is 0.500. The van der Waals surface area contributed by atoms with Crippen molar-refractivity contribution in [3.63, 3.8) is 0 Å². The van der Waals surface area contributed by atoms with Crippen LogP contribution in [0.4, 0.5) is 4.39 Å². The maximum Gasteiger partial charge on any atom is 0.290 e. The molecule has 2 unspecified atom stereocenters. The van der Waals surface area contributed by atoms with Gasteiger partial charge in [0.15, 0.2) is 0 Å². The molecule has 1 fully saturated rings. The Balaban J connectivity index is 1.80. The van der Waals surface area contributed by atoms with E-state index in [4.69, 9.17) is 0 Å². The van der Waals surface area contributed by atoms with Gasteiger partial charge >= 0.3 is 0 Å². The zero-order valence-corrected chi connectivity index (χ0v) is 14.4. The second kappa shape index (κ2) is 7.31. The Morgan fingerprint density at radius 2 is 2.24 bits per heavy atom. The van der Waals surface area contributed by atoms with Gasteiger partial charge in [-0.2, -0.15) is 0 Å². The molecule has 6 nitrogen and oxygen atoms in total. The van der Waals surface area contributed by atoms with E-state index in [1.54, 1.807) is 12.1 Å². The average molecular weight is 346 g/mol. The summed E-state index contributed by atoms with van der Waals surface area (Å²) >= 11 is 0. The van der Waals surface area contributed by atoms with Crippen LogP contribution in [0.5, 0.6) is 0 Å². The van der Waals surface area contributed by atoms with Gasteiger partial charge in [-0.15, -0.1) is 5.10 Å². The summed E-state index contributed by atoms with van der Waals surface area (Å²) < 4.78 is 15.0. The fourth-order valence-electron chi connectivity index (χ4n) is 3.15. The van der Waals surface area contributed by atoms with Gasteiger partial charge in [0.1, 0.15) is 11.6 Å². The van der Waals surface area contributed by atoms with E-state index < -0.39 is 0 Å². The first-order valence-electron chi connectivity index (χ1n) is 8.65. The molecule has 0 aliphatic heterocycles. The first-order valence-corrected chi connectivity index (χ1v) is 8.65. The van der Waals surface area contributed by atoms with E-state index in [1.165, 1.54) is 16.8 Å². The third-order valence-corrected chi connectivity index (χ3v) is 4.55. The Bertz CT molecular complexity index is 759. The van der Waals surface area contributed by atoms with Crippen molar-refractivity contribution in [2.45, 2.75) is 45.1 Å². The first-order chi connectivity index (χ1) is 12.0.